The normalized spacial score (nSPS) is 11.2. The third-order valence-corrected chi connectivity index (χ3v) is 3.72. The molecule has 1 amide bonds. The second-order valence-corrected chi connectivity index (χ2v) is 6.28. The molecule has 0 aromatic heterocycles. The minimum absolute atomic E-state index is 0.0794. The molecule has 1 aromatic rings. The highest BCUT2D eigenvalue weighted by Crippen LogP contribution is 2.43. The molecule has 0 spiro atoms. The lowest BCUT2D eigenvalue weighted by Gasteiger charge is -2.12. The van der Waals surface area contributed by atoms with E-state index in [1.807, 2.05) is 0 Å². The number of rotatable bonds is 8. The Hall–Kier alpha value is -1.33. The Labute approximate surface area is 124 Å². The second-order valence-electron chi connectivity index (χ2n) is 4.79. The Morgan fingerprint density at radius 1 is 1.14 bits per heavy atom. The van der Waals surface area contributed by atoms with Crippen LogP contribution in [0.1, 0.15) is 49.4 Å². The van der Waals surface area contributed by atoms with Gasteiger partial charge in [0.25, 0.3) is 0 Å². The number of unbranched alkanes of at least 4 members (excludes halogenated alkanes) is 3. The first-order valence-corrected chi connectivity index (χ1v) is 8.46. The van der Waals surface area contributed by atoms with E-state index in [2.05, 4.69) is 12.2 Å². The van der Waals surface area contributed by atoms with E-state index >= 15 is 0 Å². The van der Waals surface area contributed by atoms with Crippen LogP contribution in [0.2, 0.25) is 0 Å². The SMILES string of the molecule is CCCCCCC(=O)Nc1ccc(C(=O)[P+]([O-])(O)O)cc1. The predicted molar refractivity (Wildman–Crippen MR) is 79.5 cm³/mol. The number of hydrogen-bond donors (Lipinski definition) is 3. The molecule has 0 radical (unpaired) electrons. The van der Waals surface area contributed by atoms with Crippen molar-refractivity contribution in [3.63, 3.8) is 0 Å². The molecule has 0 saturated carbocycles. The van der Waals surface area contributed by atoms with Crippen LogP contribution in [0.3, 0.4) is 0 Å². The summed E-state index contributed by atoms with van der Waals surface area (Å²) in [6.07, 6.45) is 4.49. The monoisotopic (exact) mass is 313 g/mol. The van der Waals surface area contributed by atoms with Crippen LogP contribution in [0.25, 0.3) is 0 Å². The summed E-state index contributed by atoms with van der Waals surface area (Å²) in [6, 6.07) is 5.47. The third kappa shape index (κ3) is 6.31. The van der Waals surface area contributed by atoms with Gasteiger partial charge in [-0.15, -0.1) is 0 Å². The van der Waals surface area contributed by atoms with Crippen LogP contribution in [0.5, 0.6) is 0 Å². The first kappa shape index (κ1) is 17.7. The van der Waals surface area contributed by atoms with Gasteiger partial charge in [0, 0.05) is 12.1 Å². The van der Waals surface area contributed by atoms with E-state index in [0.717, 1.165) is 25.7 Å². The third-order valence-electron chi connectivity index (χ3n) is 2.94. The maximum absolute atomic E-state index is 11.7. The van der Waals surface area contributed by atoms with Gasteiger partial charge in [-0.2, -0.15) is 0 Å². The Balaban J connectivity index is 2.51. The van der Waals surface area contributed by atoms with Crippen molar-refractivity contribution in [2.45, 2.75) is 39.0 Å². The van der Waals surface area contributed by atoms with Gasteiger partial charge >= 0.3 is 13.5 Å². The molecule has 116 valence electrons. The van der Waals surface area contributed by atoms with Gasteiger partial charge in [-0.05, 0) is 30.7 Å². The molecule has 1 rings (SSSR count). The second kappa shape index (κ2) is 8.20. The predicted octanol–water partition coefficient (Wildman–Crippen LogP) is 1.84. The number of hydrogen-bond acceptors (Lipinski definition) is 5. The molecule has 21 heavy (non-hydrogen) atoms. The molecule has 3 N–H and O–H groups in total. The van der Waals surface area contributed by atoms with Gasteiger partial charge in [0.1, 0.15) is 0 Å². The molecule has 0 aliphatic carbocycles. The molecule has 1 aromatic carbocycles. The molecule has 7 heteroatoms. The molecule has 0 atom stereocenters. The van der Waals surface area contributed by atoms with Crippen molar-refractivity contribution in [1.82, 2.24) is 0 Å². The van der Waals surface area contributed by atoms with Crippen LogP contribution in [0, 0.1) is 0 Å². The Morgan fingerprint density at radius 2 is 1.76 bits per heavy atom. The van der Waals surface area contributed by atoms with Crippen LogP contribution in [-0.2, 0) is 4.79 Å². The minimum Gasteiger partial charge on any atom is -0.625 e. The summed E-state index contributed by atoms with van der Waals surface area (Å²) in [4.78, 5) is 51.4. The van der Waals surface area contributed by atoms with Crippen molar-refractivity contribution in [3.05, 3.63) is 29.8 Å². The number of amides is 1. The number of nitrogens with one attached hydrogen (secondary N) is 1. The molecule has 0 aliphatic heterocycles. The van der Waals surface area contributed by atoms with Gasteiger partial charge < -0.3 is 10.2 Å². The standard InChI is InChI=1S/C14H20NO5P/c1-2-3-4-5-6-13(16)15-12-9-7-11(8-10-12)14(17)21(18,19)20/h7-10H,2-6H2,1H3,(H,15,16)(H2,18,19,20). The van der Waals surface area contributed by atoms with Gasteiger partial charge in [0.15, 0.2) is 0 Å². The largest absolute Gasteiger partial charge is 0.625 e. The maximum Gasteiger partial charge on any atom is 0.352 e. The van der Waals surface area contributed by atoms with E-state index in [1.54, 1.807) is 0 Å². The molecule has 0 saturated heterocycles. The van der Waals surface area contributed by atoms with Crippen molar-refractivity contribution in [2.24, 2.45) is 0 Å². The molecular formula is C14H20NO5P. The molecule has 0 bridgehead atoms. The lowest BCUT2D eigenvalue weighted by atomic mass is 10.1. The zero-order chi connectivity index (χ0) is 15.9. The number of carbonyl (C=O) groups excluding carboxylic acids is 2. The topological polar surface area (TPSA) is 110 Å². The summed E-state index contributed by atoms with van der Waals surface area (Å²) in [7, 11) is -4.77. The van der Waals surface area contributed by atoms with Crippen molar-refractivity contribution in [2.75, 3.05) is 5.32 Å². The lowest BCUT2D eigenvalue weighted by Crippen LogP contribution is -2.17. The van der Waals surface area contributed by atoms with Crippen molar-refractivity contribution >= 4 is 25.1 Å². The Morgan fingerprint density at radius 3 is 2.29 bits per heavy atom. The number of benzene rings is 1. The summed E-state index contributed by atoms with van der Waals surface area (Å²) in [5.74, 6) is -0.111. The molecule has 0 fully saturated rings. The van der Waals surface area contributed by atoms with Gasteiger partial charge in [0.05, 0.1) is 5.56 Å². The summed E-state index contributed by atoms with van der Waals surface area (Å²) in [5.41, 5.74) is -0.804. The van der Waals surface area contributed by atoms with E-state index in [1.165, 1.54) is 24.3 Å². The average Bonchev–Trinajstić information content (AvgIpc) is 2.43. The van der Waals surface area contributed by atoms with Crippen molar-refractivity contribution in [1.29, 1.82) is 0 Å². The highest BCUT2D eigenvalue weighted by molar-refractivity contribution is 7.75. The smallest absolute Gasteiger partial charge is 0.352 e. The summed E-state index contributed by atoms with van der Waals surface area (Å²) in [6.45, 7) is 2.10. The van der Waals surface area contributed by atoms with Crippen LogP contribution < -0.4 is 10.2 Å². The first-order chi connectivity index (χ1) is 9.84. The fraction of sp³-hybridized carbons (Fsp3) is 0.429. The molecule has 0 heterocycles. The summed E-state index contributed by atoms with van der Waals surface area (Å²) >= 11 is 0. The minimum atomic E-state index is -4.77. The molecule has 6 nitrogen and oxygen atoms in total. The fourth-order valence-corrected chi connectivity index (χ4v) is 2.29. The van der Waals surface area contributed by atoms with Crippen LogP contribution in [0.15, 0.2) is 24.3 Å². The van der Waals surface area contributed by atoms with E-state index < -0.39 is 13.5 Å². The number of carbonyl (C=O) groups is 2. The zero-order valence-electron chi connectivity index (χ0n) is 11.9. The molecule has 0 unspecified atom stereocenters. The van der Waals surface area contributed by atoms with Gasteiger partial charge in [-0.25, -0.2) is 14.6 Å². The summed E-state index contributed by atoms with van der Waals surface area (Å²) < 4.78 is 0. The number of anilines is 1. The van der Waals surface area contributed by atoms with Gasteiger partial charge in [-0.3, -0.25) is 4.79 Å². The summed E-state index contributed by atoms with van der Waals surface area (Å²) in [5, 5.41) is 2.68. The van der Waals surface area contributed by atoms with Crippen LogP contribution in [-0.4, -0.2) is 21.2 Å². The van der Waals surface area contributed by atoms with E-state index in [0.29, 0.717) is 12.1 Å². The van der Waals surface area contributed by atoms with Crippen LogP contribution in [0.4, 0.5) is 5.69 Å². The zero-order valence-corrected chi connectivity index (χ0v) is 12.8. The Kier molecular flexibility index (Phi) is 6.92. The Bertz CT molecular complexity index is 481. The van der Waals surface area contributed by atoms with Gasteiger partial charge in [-0.1, -0.05) is 26.2 Å². The molecular weight excluding hydrogens is 293 g/mol. The van der Waals surface area contributed by atoms with Crippen molar-refractivity contribution in [3.8, 4) is 0 Å². The first-order valence-electron chi connectivity index (χ1n) is 6.85. The maximum atomic E-state index is 11.7. The average molecular weight is 313 g/mol. The highest BCUT2D eigenvalue weighted by Gasteiger charge is 2.32. The molecule has 0 aliphatic rings. The van der Waals surface area contributed by atoms with E-state index in [-0.39, 0.29) is 11.5 Å². The van der Waals surface area contributed by atoms with E-state index in [9.17, 15) is 14.5 Å². The van der Waals surface area contributed by atoms with Gasteiger partial charge in [0.2, 0.25) is 5.91 Å². The van der Waals surface area contributed by atoms with Crippen molar-refractivity contribution < 1.29 is 24.3 Å². The lowest BCUT2D eigenvalue weighted by molar-refractivity contribution is -0.203. The quantitative estimate of drug-likeness (QED) is 0.501. The van der Waals surface area contributed by atoms with Crippen LogP contribution >= 0.6 is 7.94 Å². The fourth-order valence-electron chi connectivity index (χ4n) is 1.80. The van der Waals surface area contributed by atoms with E-state index in [4.69, 9.17) is 9.79 Å². The highest BCUT2D eigenvalue weighted by atomic mass is 31.2.